The molecule has 0 aromatic heterocycles. The predicted octanol–water partition coefficient (Wildman–Crippen LogP) is 2.74. The third-order valence-electron chi connectivity index (χ3n) is 5.63. The van der Waals surface area contributed by atoms with Gasteiger partial charge >= 0.3 is 5.97 Å². The Morgan fingerprint density at radius 2 is 1.70 bits per heavy atom. The van der Waals surface area contributed by atoms with Crippen LogP contribution < -0.4 is 5.32 Å². The molecule has 2 fully saturated rings. The number of nitrogens with zero attached hydrogens (tertiary/aromatic N) is 1. The van der Waals surface area contributed by atoms with Crippen LogP contribution in [0.1, 0.15) is 31.1 Å². The molecule has 3 atom stereocenters. The summed E-state index contributed by atoms with van der Waals surface area (Å²) in [5, 5.41) is 2.45. The third-order valence-corrected chi connectivity index (χ3v) is 7.26. The Bertz CT molecular complexity index is 895. The normalized spacial score (nSPS) is 24.2. The summed E-state index contributed by atoms with van der Waals surface area (Å²) in [6, 6.07) is 18.5. The highest BCUT2D eigenvalue weighted by atomic mass is 32.2. The van der Waals surface area contributed by atoms with Gasteiger partial charge in [-0.1, -0.05) is 60.7 Å². The van der Waals surface area contributed by atoms with Crippen molar-refractivity contribution in [2.24, 2.45) is 5.92 Å². The summed E-state index contributed by atoms with van der Waals surface area (Å²) in [6.45, 7) is 4.20. The van der Waals surface area contributed by atoms with Crippen LogP contribution in [-0.2, 0) is 19.1 Å². The van der Waals surface area contributed by atoms with E-state index in [4.69, 9.17) is 4.74 Å². The lowest BCUT2D eigenvalue weighted by Crippen LogP contribution is -2.64. The molecule has 7 heteroatoms. The van der Waals surface area contributed by atoms with Crippen LogP contribution in [0.5, 0.6) is 0 Å². The Labute approximate surface area is 180 Å². The van der Waals surface area contributed by atoms with Crippen molar-refractivity contribution >= 4 is 30.0 Å². The summed E-state index contributed by atoms with van der Waals surface area (Å²) in [6.07, 6.45) is 0.0418. The molecule has 6 nitrogen and oxygen atoms in total. The van der Waals surface area contributed by atoms with Crippen LogP contribution in [0, 0.1) is 5.92 Å². The number of thioether (sulfide) groups is 1. The standard InChI is InChI=1S/C23H24N2O4S/c1-23(2)19(25-20(27)17(13-24-14-26)21(25)30-23)22(28)29-18(15-9-5-3-6-10-15)16-11-7-4-8-12-16/h3-12,14,17-19,21H,13H2,1-2H3,(H,24,26)/t17-,19+,21-/m1/s1. The van der Waals surface area contributed by atoms with Crippen molar-refractivity contribution in [1.82, 2.24) is 10.2 Å². The molecule has 0 radical (unpaired) electrons. The first kappa shape index (κ1) is 20.5. The van der Waals surface area contributed by atoms with E-state index in [2.05, 4.69) is 5.32 Å². The van der Waals surface area contributed by atoms with Crippen LogP contribution in [0.3, 0.4) is 0 Å². The molecule has 156 valence electrons. The summed E-state index contributed by atoms with van der Waals surface area (Å²) in [7, 11) is 0. The molecule has 4 rings (SSSR count). The predicted molar refractivity (Wildman–Crippen MR) is 114 cm³/mol. The van der Waals surface area contributed by atoms with E-state index < -0.39 is 22.9 Å². The van der Waals surface area contributed by atoms with Crippen molar-refractivity contribution in [2.75, 3.05) is 6.54 Å². The van der Waals surface area contributed by atoms with E-state index in [0.717, 1.165) is 11.1 Å². The van der Waals surface area contributed by atoms with E-state index in [9.17, 15) is 14.4 Å². The molecular weight excluding hydrogens is 400 g/mol. The second kappa shape index (κ2) is 8.14. The van der Waals surface area contributed by atoms with E-state index >= 15 is 0 Å². The van der Waals surface area contributed by atoms with Crippen LogP contribution in [-0.4, -0.2) is 45.9 Å². The van der Waals surface area contributed by atoms with Crippen LogP contribution in [0.2, 0.25) is 0 Å². The first-order chi connectivity index (χ1) is 14.4. The van der Waals surface area contributed by atoms with E-state index in [1.54, 1.807) is 16.7 Å². The van der Waals surface area contributed by atoms with Gasteiger partial charge in [-0.25, -0.2) is 4.79 Å². The summed E-state index contributed by atoms with van der Waals surface area (Å²) in [5.74, 6) is -0.843. The Morgan fingerprint density at radius 1 is 1.13 bits per heavy atom. The van der Waals surface area contributed by atoms with Crippen LogP contribution >= 0.6 is 11.8 Å². The van der Waals surface area contributed by atoms with E-state index in [1.807, 2.05) is 74.5 Å². The molecular formula is C23H24N2O4S. The SMILES string of the molecule is CC1(C)S[C@@H]2[C@H](CNC=O)C(=O)N2[C@H]1C(=O)OC(c1ccccc1)c1ccccc1. The zero-order valence-corrected chi connectivity index (χ0v) is 17.7. The highest BCUT2D eigenvalue weighted by Gasteiger charge is 2.64. The lowest BCUT2D eigenvalue weighted by atomic mass is 9.91. The number of carbonyl (C=O) groups is 3. The van der Waals surface area contributed by atoms with Crippen molar-refractivity contribution in [3.63, 3.8) is 0 Å². The number of nitrogens with one attached hydrogen (secondary N) is 1. The highest BCUT2D eigenvalue weighted by Crippen LogP contribution is 2.53. The number of carbonyl (C=O) groups excluding carboxylic acids is 3. The molecule has 2 aromatic rings. The average Bonchev–Trinajstić information content (AvgIpc) is 3.01. The van der Waals surface area contributed by atoms with Crippen LogP contribution in [0.25, 0.3) is 0 Å². The number of esters is 1. The monoisotopic (exact) mass is 424 g/mol. The maximum atomic E-state index is 13.4. The molecule has 0 saturated carbocycles. The quantitative estimate of drug-likeness (QED) is 0.420. The van der Waals surface area contributed by atoms with Gasteiger partial charge in [0, 0.05) is 11.3 Å². The summed E-state index contributed by atoms with van der Waals surface area (Å²) >= 11 is 1.58. The van der Waals surface area contributed by atoms with Gasteiger partial charge in [-0.15, -0.1) is 11.8 Å². The van der Waals surface area contributed by atoms with Crippen LogP contribution in [0.4, 0.5) is 0 Å². The van der Waals surface area contributed by atoms with Gasteiger partial charge in [0.05, 0.1) is 11.3 Å². The second-order valence-corrected chi connectivity index (χ2v) is 9.80. The number of amides is 2. The molecule has 2 aliphatic heterocycles. The Hall–Kier alpha value is -2.80. The molecule has 1 N–H and O–H groups in total. The number of rotatable bonds is 7. The van der Waals surface area contributed by atoms with E-state index in [-0.39, 0.29) is 23.7 Å². The van der Waals surface area contributed by atoms with Gasteiger partial charge in [0.15, 0.2) is 6.10 Å². The first-order valence-electron chi connectivity index (χ1n) is 9.91. The van der Waals surface area contributed by atoms with E-state index in [1.165, 1.54) is 0 Å². The summed E-state index contributed by atoms with van der Waals surface area (Å²) in [4.78, 5) is 38.3. The Kier molecular flexibility index (Phi) is 5.56. The van der Waals surface area contributed by atoms with Gasteiger partial charge in [0.2, 0.25) is 12.3 Å². The molecule has 2 amide bonds. The van der Waals surface area contributed by atoms with Gasteiger partial charge in [0.25, 0.3) is 0 Å². The van der Waals surface area contributed by atoms with E-state index in [0.29, 0.717) is 6.41 Å². The van der Waals surface area contributed by atoms with Crippen molar-refractivity contribution < 1.29 is 19.1 Å². The van der Waals surface area contributed by atoms with Crippen molar-refractivity contribution in [1.29, 1.82) is 0 Å². The maximum Gasteiger partial charge on any atom is 0.331 e. The van der Waals surface area contributed by atoms with Gasteiger partial charge < -0.3 is 15.0 Å². The fourth-order valence-corrected chi connectivity index (χ4v) is 5.88. The van der Waals surface area contributed by atoms with Gasteiger partial charge in [-0.3, -0.25) is 9.59 Å². The molecule has 30 heavy (non-hydrogen) atoms. The van der Waals surface area contributed by atoms with Gasteiger partial charge in [-0.2, -0.15) is 0 Å². The zero-order valence-electron chi connectivity index (χ0n) is 16.9. The molecule has 0 bridgehead atoms. The number of ether oxygens (including phenoxy) is 1. The minimum atomic E-state index is -0.678. The smallest absolute Gasteiger partial charge is 0.331 e. The molecule has 0 unspecified atom stereocenters. The van der Waals surface area contributed by atoms with Gasteiger partial charge in [0.1, 0.15) is 6.04 Å². The van der Waals surface area contributed by atoms with Crippen molar-refractivity contribution in [2.45, 2.75) is 36.1 Å². The Balaban J connectivity index is 1.58. The molecule has 2 aromatic carbocycles. The number of fused-ring (bicyclic) bond motifs is 1. The minimum Gasteiger partial charge on any atom is -0.451 e. The molecule has 2 heterocycles. The molecule has 2 aliphatic rings. The highest BCUT2D eigenvalue weighted by molar-refractivity contribution is 8.01. The number of β-lactam (4-membered cyclic amide) rings is 1. The Morgan fingerprint density at radius 3 is 2.23 bits per heavy atom. The van der Waals surface area contributed by atoms with Crippen molar-refractivity contribution in [3.05, 3.63) is 71.8 Å². The zero-order chi connectivity index (χ0) is 21.3. The average molecular weight is 425 g/mol. The largest absolute Gasteiger partial charge is 0.451 e. The fraction of sp³-hybridized carbons (Fsp3) is 0.348. The first-order valence-corrected chi connectivity index (χ1v) is 10.8. The summed E-state index contributed by atoms with van der Waals surface area (Å²) in [5.41, 5.74) is 1.75. The number of benzene rings is 2. The van der Waals surface area contributed by atoms with Crippen LogP contribution in [0.15, 0.2) is 60.7 Å². The molecule has 2 saturated heterocycles. The third kappa shape index (κ3) is 3.58. The number of hydrogen-bond donors (Lipinski definition) is 1. The maximum absolute atomic E-state index is 13.4. The summed E-state index contributed by atoms with van der Waals surface area (Å²) < 4.78 is 5.55. The minimum absolute atomic E-state index is 0.120. The fourth-order valence-electron chi connectivity index (χ4n) is 4.20. The lowest BCUT2D eigenvalue weighted by Gasteiger charge is -2.44. The molecule has 0 aliphatic carbocycles. The second-order valence-electron chi connectivity index (χ2n) is 8.03. The lowest BCUT2D eigenvalue weighted by molar-refractivity contribution is -0.168. The topological polar surface area (TPSA) is 75.7 Å². The number of hydrogen-bond acceptors (Lipinski definition) is 5. The van der Waals surface area contributed by atoms with Gasteiger partial charge in [-0.05, 0) is 25.0 Å². The van der Waals surface area contributed by atoms with Crippen molar-refractivity contribution in [3.8, 4) is 0 Å². The molecule has 0 spiro atoms.